The average Bonchev–Trinajstić information content (AvgIpc) is 3.00. The number of para-hydroxylation sites is 1. The summed E-state index contributed by atoms with van der Waals surface area (Å²) in [6, 6.07) is 6.18. The quantitative estimate of drug-likeness (QED) is 0.831. The van der Waals surface area contributed by atoms with E-state index in [1.807, 2.05) is 0 Å². The van der Waals surface area contributed by atoms with Gasteiger partial charge in [-0.15, -0.1) is 0 Å². The molecule has 1 aliphatic carbocycles. The molecule has 1 fully saturated rings. The Bertz CT molecular complexity index is 580. The van der Waals surface area contributed by atoms with E-state index in [0.717, 1.165) is 0 Å². The molecule has 0 atom stereocenters. The molecule has 0 heterocycles. The summed E-state index contributed by atoms with van der Waals surface area (Å²) in [7, 11) is -4.09. The van der Waals surface area contributed by atoms with Gasteiger partial charge in [0.05, 0.1) is 5.75 Å². The first-order valence-electron chi connectivity index (χ1n) is 5.57. The van der Waals surface area contributed by atoms with Crippen LogP contribution in [0, 0.1) is 0 Å². The van der Waals surface area contributed by atoms with Gasteiger partial charge in [-0.2, -0.15) is 17.9 Å². The summed E-state index contributed by atoms with van der Waals surface area (Å²) in [6.07, 6.45) is -5.01. The number of rotatable bonds is 4. The first kappa shape index (κ1) is 14.1. The van der Waals surface area contributed by atoms with Crippen molar-refractivity contribution in [3.63, 3.8) is 0 Å². The van der Waals surface area contributed by atoms with E-state index in [2.05, 4.69) is 0 Å². The van der Waals surface area contributed by atoms with Crippen LogP contribution in [0.25, 0.3) is 0 Å². The Labute approximate surface area is 108 Å². The van der Waals surface area contributed by atoms with Crippen LogP contribution < -0.4 is 10.5 Å². The van der Waals surface area contributed by atoms with Crippen LogP contribution in [-0.2, 0) is 15.8 Å². The highest BCUT2D eigenvalue weighted by Crippen LogP contribution is 2.49. The molecule has 0 unspecified atom stereocenters. The molecule has 0 bridgehead atoms. The molecule has 106 valence electrons. The lowest BCUT2D eigenvalue weighted by molar-refractivity contribution is -0.160. The Morgan fingerprint density at radius 3 is 2.32 bits per heavy atom. The van der Waals surface area contributed by atoms with Crippen molar-refractivity contribution < 1.29 is 21.6 Å². The van der Waals surface area contributed by atoms with E-state index >= 15 is 0 Å². The largest absolute Gasteiger partial charge is 0.407 e. The van der Waals surface area contributed by atoms with Gasteiger partial charge in [0.1, 0.15) is 5.54 Å². The number of sulfonamides is 1. The van der Waals surface area contributed by atoms with Gasteiger partial charge in [-0.25, -0.2) is 8.42 Å². The lowest BCUT2D eigenvalue weighted by atomic mass is 10.2. The Morgan fingerprint density at radius 1 is 1.26 bits per heavy atom. The molecule has 0 aliphatic heterocycles. The molecule has 0 saturated heterocycles. The van der Waals surface area contributed by atoms with Gasteiger partial charge in [0.25, 0.3) is 0 Å². The minimum Gasteiger partial charge on any atom is -0.398 e. The number of anilines is 1. The molecule has 0 amide bonds. The second-order valence-corrected chi connectivity index (χ2v) is 6.36. The third kappa shape index (κ3) is 3.01. The van der Waals surface area contributed by atoms with Crippen molar-refractivity contribution in [1.82, 2.24) is 4.72 Å². The molecule has 2 rings (SSSR count). The van der Waals surface area contributed by atoms with Crippen LogP contribution in [0.4, 0.5) is 18.9 Å². The van der Waals surface area contributed by atoms with E-state index in [0.29, 0.717) is 0 Å². The molecule has 1 aromatic carbocycles. The van der Waals surface area contributed by atoms with Gasteiger partial charge in [0, 0.05) is 5.69 Å². The van der Waals surface area contributed by atoms with Gasteiger partial charge in [-0.05, 0) is 24.5 Å². The zero-order chi connectivity index (χ0) is 14.3. The van der Waals surface area contributed by atoms with Gasteiger partial charge >= 0.3 is 6.18 Å². The summed E-state index contributed by atoms with van der Waals surface area (Å²) in [6.45, 7) is 0. The van der Waals surface area contributed by atoms with Crippen LogP contribution in [0.2, 0.25) is 0 Å². The number of nitrogens with two attached hydrogens (primary N) is 1. The van der Waals surface area contributed by atoms with Crippen LogP contribution in [0.1, 0.15) is 18.4 Å². The minimum absolute atomic E-state index is 0.222. The van der Waals surface area contributed by atoms with Gasteiger partial charge in [-0.3, -0.25) is 0 Å². The van der Waals surface area contributed by atoms with Gasteiger partial charge in [0.15, 0.2) is 0 Å². The number of hydrogen-bond acceptors (Lipinski definition) is 3. The maximum atomic E-state index is 12.7. The molecule has 4 nitrogen and oxygen atoms in total. The molecular weight excluding hydrogens is 281 g/mol. The van der Waals surface area contributed by atoms with Crippen molar-refractivity contribution in [3.8, 4) is 0 Å². The van der Waals surface area contributed by atoms with Gasteiger partial charge in [0.2, 0.25) is 10.0 Å². The van der Waals surface area contributed by atoms with Crippen molar-refractivity contribution in [2.24, 2.45) is 0 Å². The highest BCUT2D eigenvalue weighted by molar-refractivity contribution is 7.88. The molecule has 1 saturated carbocycles. The van der Waals surface area contributed by atoms with E-state index in [4.69, 9.17) is 5.73 Å². The van der Waals surface area contributed by atoms with E-state index in [-0.39, 0.29) is 24.1 Å². The van der Waals surface area contributed by atoms with Crippen LogP contribution >= 0.6 is 0 Å². The van der Waals surface area contributed by atoms with E-state index < -0.39 is 27.5 Å². The van der Waals surface area contributed by atoms with Gasteiger partial charge in [-0.1, -0.05) is 18.2 Å². The van der Waals surface area contributed by atoms with Crippen LogP contribution in [0.5, 0.6) is 0 Å². The lowest BCUT2D eigenvalue weighted by Crippen LogP contribution is -2.48. The molecular formula is C11H13F3N2O2S. The minimum atomic E-state index is -4.57. The molecule has 3 N–H and O–H groups in total. The monoisotopic (exact) mass is 294 g/mol. The van der Waals surface area contributed by atoms with Crippen molar-refractivity contribution in [2.45, 2.75) is 30.3 Å². The number of hydrogen-bond donors (Lipinski definition) is 2. The second-order valence-electron chi connectivity index (χ2n) is 4.64. The SMILES string of the molecule is Nc1ccccc1CS(=O)(=O)NC1(C(F)(F)F)CC1. The molecule has 19 heavy (non-hydrogen) atoms. The fraction of sp³-hybridized carbons (Fsp3) is 0.455. The summed E-state index contributed by atoms with van der Waals surface area (Å²) in [5, 5.41) is 0. The Hall–Kier alpha value is -1.28. The second kappa shape index (κ2) is 4.38. The van der Waals surface area contributed by atoms with Crippen LogP contribution in [0.15, 0.2) is 24.3 Å². The maximum Gasteiger partial charge on any atom is 0.407 e. The summed E-state index contributed by atoms with van der Waals surface area (Å²) >= 11 is 0. The zero-order valence-electron chi connectivity index (χ0n) is 9.87. The average molecular weight is 294 g/mol. The topological polar surface area (TPSA) is 72.2 Å². The molecule has 0 spiro atoms. The third-order valence-electron chi connectivity index (χ3n) is 3.04. The summed E-state index contributed by atoms with van der Waals surface area (Å²) in [5.41, 5.74) is 3.82. The number of alkyl halides is 3. The molecule has 0 radical (unpaired) electrons. The first-order valence-corrected chi connectivity index (χ1v) is 7.22. The summed E-state index contributed by atoms with van der Waals surface area (Å²) in [5.74, 6) is -0.558. The summed E-state index contributed by atoms with van der Waals surface area (Å²) < 4.78 is 63.4. The van der Waals surface area contributed by atoms with E-state index in [1.54, 1.807) is 16.9 Å². The molecule has 8 heteroatoms. The highest BCUT2D eigenvalue weighted by Gasteiger charge is 2.65. The highest BCUT2D eigenvalue weighted by atomic mass is 32.2. The Balaban J connectivity index is 2.15. The van der Waals surface area contributed by atoms with Crippen LogP contribution in [-0.4, -0.2) is 20.1 Å². The lowest BCUT2D eigenvalue weighted by Gasteiger charge is -2.20. The Morgan fingerprint density at radius 2 is 1.84 bits per heavy atom. The molecule has 0 aromatic heterocycles. The number of benzene rings is 1. The van der Waals surface area contributed by atoms with Crippen molar-refractivity contribution in [2.75, 3.05) is 5.73 Å². The first-order chi connectivity index (χ1) is 8.65. The predicted octanol–water partition coefficient (Wildman–Crippen LogP) is 1.78. The fourth-order valence-electron chi connectivity index (χ4n) is 1.77. The van der Waals surface area contributed by atoms with Crippen LogP contribution in [0.3, 0.4) is 0 Å². The summed E-state index contributed by atoms with van der Waals surface area (Å²) in [4.78, 5) is 0. The standard InChI is InChI=1S/C11H13F3N2O2S/c12-11(13,14)10(5-6-10)16-19(17,18)7-8-3-1-2-4-9(8)15/h1-4,16H,5-7,15H2. The molecule has 1 aliphatic rings. The Kier molecular flexibility index (Phi) is 3.26. The smallest absolute Gasteiger partial charge is 0.398 e. The van der Waals surface area contributed by atoms with Crippen molar-refractivity contribution >= 4 is 15.7 Å². The zero-order valence-corrected chi connectivity index (χ0v) is 10.7. The normalized spacial score (nSPS) is 18.3. The van der Waals surface area contributed by atoms with E-state index in [9.17, 15) is 21.6 Å². The number of halogens is 3. The number of nitrogen functional groups attached to an aromatic ring is 1. The maximum absolute atomic E-state index is 12.7. The fourth-order valence-corrected chi connectivity index (χ4v) is 3.43. The predicted molar refractivity (Wildman–Crippen MR) is 64.6 cm³/mol. The van der Waals surface area contributed by atoms with E-state index in [1.165, 1.54) is 12.1 Å². The third-order valence-corrected chi connectivity index (χ3v) is 4.44. The van der Waals surface area contributed by atoms with Crippen molar-refractivity contribution in [3.05, 3.63) is 29.8 Å². The number of nitrogens with one attached hydrogen (secondary N) is 1. The van der Waals surface area contributed by atoms with Crippen molar-refractivity contribution in [1.29, 1.82) is 0 Å². The molecule has 1 aromatic rings. The van der Waals surface area contributed by atoms with Gasteiger partial charge < -0.3 is 5.73 Å².